The molecular formula is C12H13NO4. The molecule has 0 heterocycles. The Labute approximate surface area is 98.9 Å². The van der Waals surface area contributed by atoms with Gasteiger partial charge in [0.25, 0.3) is 0 Å². The topological polar surface area (TPSA) is 90.5 Å². The standard InChI is InChI=1S/C12H13NO4/c1-17-11-3-2-8(6-9(11)7-14)12(16)10(15)4-5-13/h2-3,6-7,10,12,15-16H,4H2,1H3. The van der Waals surface area contributed by atoms with Crippen LogP contribution in [0.3, 0.4) is 0 Å². The number of ether oxygens (including phenoxy) is 1. The lowest BCUT2D eigenvalue weighted by Gasteiger charge is -2.16. The summed E-state index contributed by atoms with van der Waals surface area (Å²) in [7, 11) is 1.43. The van der Waals surface area contributed by atoms with Crippen LogP contribution in [-0.4, -0.2) is 29.7 Å². The molecule has 0 aliphatic rings. The molecule has 0 aliphatic heterocycles. The van der Waals surface area contributed by atoms with E-state index in [9.17, 15) is 15.0 Å². The number of methoxy groups -OCH3 is 1. The highest BCUT2D eigenvalue weighted by Gasteiger charge is 2.19. The molecule has 0 fully saturated rings. The fraction of sp³-hybridized carbons (Fsp3) is 0.333. The van der Waals surface area contributed by atoms with E-state index in [-0.39, 0.29) is 12.0 Å². The van der Waals surface area contributed by atoms with E-state index in [1.54, 1.807) is 6.07 Å². The summed E-state index contributed by atoms with van der Waals surface area (Å²) in [4.78, 5) is 10.8. The van der Waals surface area contributed by atoms with E-state index in [1.807, 2.05) is 0 Å². The molecule has 17 heavy (non-hydrogen) atoms. The third-order valence-electron chi connectivity index (χ3n) is 2.39. The van der Waals surface area contributed by atoms with Crippen LogP contribution in [0.1, 0.15) is 28.4 Å². The Hall–Kier alpha value is -1.90. The van der Waals surface area contributed by atoms with E-state index in [2.05, 4.69) is 0 Å². The highest BCUT2D eigenvalue weighted by atomic mass is 16.5. The van der Waals surface area contributed by atoms with Crippen molar-refractivity contribution in [3.05, 3.63) is 29.3 Å². The van der Waals surface area contributed by atoms with Gasteiger partial charge in [-0.15, -0.1) is 0 Å². The largest absolute Gasteiger partial charge is 0.496 e. The molecular weight excluding hydrogens is 222 g/mol. The van der Waals surface area contributed by atoms with Crippen LogP contribution in [0.15, 0.2) is 18.2 Å². The second-order valence-corrected chi connectivity index (χ2v) is 3.49. The molecule has 90 valence electrons. The molecule has 2 atom stereocenters. The summed E-state index contributed by atoms with van der Waals surface area (Å²) in [5, 5.41) is 27.6. The zero-order valence-electron chi connectivity index (χ0n) is 9.33. The van der Waals surface area contributed by atoms with Crippen LogP contribution < -0.4 is 4.74 Å². The lowest BCUT2D eigenvalue weighted by Crippen LogP contribution is -2.17. The van der Waals surface area contributed by atoms with Gasteiger partial charge in [-0.2, -0.15) is 5.26 Å². The molecule has 5 nitrogen and oxygen atoms in total. The molecule has 5 heteroatoms. The van der Waals surface area contributed by atoms with Gasteiger partial charge in [0.2, 0.25) is 0 Å². The first-order valence-corrected chi connectivity index (χ1v) is 5.00. The fourth-order valence-corrected chi connectivity index (χ4v) is 1.46. The van der Waals surface area contributed by atoms with Gasteiger partial charge in [-0.1, -0.05) is 6.07 Å². The third-order valence-corrected chi connectivity index (χ3v) is 2.39. The summed E-state index contributed by atoms with van der Waals surface area (Å²) in [6.45, 7) is 0. The number of carbonyl (C=O) groups is 1. The summed E-state index contributed by atoms with van der Waals surface area (Å²) in [5.41, 5.74) is 0.656. The second kappa shape index (κ2) is 5.99. The molecule has 0 spiro atoms. The SMILES string of the molecule is COc1ccc(C(O)C(O)CC#N)cc1C=O. The number of nitrogens with zero attached hydrogens (tertiary/aromatic N) is 1. The van der Waals surface area contributed by atoms with Crippen LogP contribution in [-0.2, 0) is 0 Å². The van der Waals surface area contributed by atoms with Crippen molar-refractivity contribution in [3.8, 4) is 11.8 Å². The second-order valence-electron chi connectivity index (χ2n) is 3.49. The Morgan fingerprint density at radius 1 is 1.53 bits per heavy atom. The van der Waals surface area contributed by atoms with E-state index in [4.69, 9.17) is 10.00 Å². The Kier molecular flexibility index (Phi) is 4.64. The summed E-state index contributed by atoms with van der Waals surface area (Å²) < 4.78 is 4.95. The number of hydrogen-bond donors (Lipinski definition) is 2. The van der Waals surface area contributed by atoms with Crippen LogP contribution in [0.4, 0.5) is 0 Å². The van der Waals surface area contributed by atoms with Crippen LogP contribution in [0.5, 0.6) is 5.75 Å². The van der Waals surface area contributed by atoms with Crippen molar-refractivity contribution in [1.29, 1.82) is 5.26 Å². The molecule has 0 radical (unpaired) electrons. The molecule has 0 amide bonds. The van der Waals surface area contributed by atoms with E-state index in [0.717, 1.165) is 0 Å². The summed E-state index contributed by atoms with van der Waals surface area (Å²) in [6, 6.07) is 6.26. The number of aliphatic hydroxyl groups excluding tert-OH is 2. The number of carbonyl (C=O) groups excluding carboxylic acids is 1. The minimum absolute atomic E-state index is 0.177. The van der Waals surface area contributed by atoms with E-state index >= 15 is 0 Å². The van der Waals surface area contributed by atoms with Gasteiger partial charge in [0.15, 0.2) is 6.29 Å². The molecule has 0 saturated carbocycles. The van der Waals surface area contributed by atoms with Gasteiger partial charge in [0, 0.05) is 0 Å². The molecule has 0 aromatic heterocycles. The zero-order chi connectivity index (χ0) is 12.8. The van der Waals surface area contributed by atoms with Gasteiger partial charge in [-0.3, -0.25) is 4.79 Å². The maximum Gasteiger partial charge on any atom is 0.153 e. The summed E-state index contributed by atoms with van der Waals surface area (Å²) >= 11 is 0. The highest BCUT2D eigenvalue weighted by Crippen LogP contribution is 2.24. The Balaban J connectivity index is 2.99. The summed E-state index contributed by atoms with van der Waals surface area (Å²) in [6.07, 6.45) is -1.94. The Morgan fingerprint density at radius 2 is 2.24 bits per heavy atom. The van der Waals surface area contributed by atoms with Gasteiger partial charge in [-0.05, 0) is 17.7 Å². The van der Waals surface area contributed by atoms with E-state index < -0.39 is 12.2 Å². The maximum atomic E-state index is 10.8. The lowest BCUT2D eigenvalue weighted by atomic mass is 10.0. The number of aliphatic hydroxyl groups is 2. The van der Waals surface area contributed by atoms with Crippen molar-refractivity contribution >= 4 is 6.29 Å². The Bertz CT molecular complexity index is 439. The third kappa shape index (κ3) is 3.03. The van der Waals surface area contributed by atoms with Gasteiger partial charge >= 0.3 is 0 Å². The number of rotatable bonds is 5. The smallest absolute Gasteiger partial charge is 0.153 e. The molecule has 2 unspecified atom stereocenters. The monoisotopic (exact) mass is 235 g/mol. The van der Waals surface area contributed by atoms with Crippen molar-refractivity contribution < 1.29 is 19.7 Å². The molecule has 1 aromatic rings. The minimum atomic E-state index is -1.20. The number of hydrogen-bond acceptors (Lipinski definition) is 5. The van der Waals surface area contributed by atoms with Crippen molar-refractivity contribution in [1.82, 2.24) is 0 Å². The fourth-order valence-electron chi connectivity index (χ4n) is 1.46. The zero-order valence-corrected chi connectivity index (χ0v) is 9.33. The maximum absolute atomic E-state index is 10.8. The van der Waals surface area contributed by atoms with Crippen LogP contribution in [0.25, 0.3) is 0 Å². The van der Waals surface area contributed by atoms with Crippen molar-refractivity contribution in [2.24, 2.45) is 0 Å². The predicted molar refractivity (Wildman–Crippen MR) is 59.6 cm³/mol. The molecule has 0 bridgehead atoms. The number of aldehydes is 1. The normalized spacial score (nSPS) is 13.5. The minimum Gasteiger partial charge on any atom is -0.496 e. The number of benzene rings is 1. The first-order chi connectivity index (χ1) is 8.13. The quantitative estimate of drug-likeness (QED) is 0.737. The average Bonchev–Trinajstić information content (AvgIpc) is 2.37. The van der Waals surface area contributed by atoms with Crippen LogP contribution in [0, 0.1) is 11.3 Å². The molecule has 2 N–H and O–H groups in total. The average molecular weight is 235 g/mol. The molecule has 0 saturated heterocycles. The van der Waals surface area contributed by atoms with Crippen molar-refractivity contribution in [2.45, 2.75) is 18.6 Å². The Morgan fingerprint density at radius 3 is 2.76 bits per heavy atom. The van der Waals surface area contributed by atoms with Gasteiger partial charge in [0.1, 0.15) is 11.9 Å². The highest BCUT2D eigenvalue weighted by molar-refractivity contribution is 5.79. The van der Waals surface area contributed by atoms with E-state index in [1.165, 1.54) is 25.3 Å². The van der Waals surface area contributed by atoms with Crippen LogP contribution >= 0.6 is 0 Å². The van der Waals surface area contributed by atoms with Gasteiger partial charge in [-0.25, -0.2) is 0 Å². The summed E-state index contributed by atoms with van der Waals surface area (Å²) in [5.74, 6) is 0.394. The van der Waals surface area contributed by atoms with Crippen molar-refractivity contribution in [2.75, 3.05) is 7.11 Å². The lowest BCUT2D eigenvalue weighted by molar-refractivity contribution is 0.0216. The van der Waals surface area contributed by atoms with Crippen LogP contribution in [0.2, 0.25) is 0 Å². The predicted octanol–water partition coefficient (Wildman–Crippen LogP) is 0.816. The van der Waals surface area contributed by atoms with E-state index in [0.29, 0.717) is 17.6 Å². The first-order valence-electron chi connectivity index (χ1n) is 5.00. The molecule has 1 rings (SSSR count). The molecule has 0 aliphatic carbocycles. The number of nitriles is 1. The first kappa shape index (κ1) is 13.2. The van der Waals surface area contributed by atoms with Gasteiger partial charge in [0.05, 0.1) is 31.3 Å². The van der Waals surface area contributed by atoms with Crippen molar-refractivity contribution in [3.63, 3.8) is 0 Å². The molecule has 1 aromatic carbocycles. The van der Waals surface area contributed by atoms with Gasteiger partial charge < -0.3 is 14.9 Å².